The summed E-state index contributed by atoms with van der Waals surface area (Å²) in [6, 6.07) is 13.4. The van der Waals surface area contributed by atoms with Gasteiger partial charge in [0.15, 0.2) is 0 Å². The lowest BCUT2D eigenvalue weighted by molar-refractivity contribution is -0.118. The number of fused-ring (bicyclic) bond motifs is 2. The minimum absolute atomic E-state index is 0.0936. The largest absolute Gasteiger partial charge is 0.508 e. The summed E-state index contributed by atoms with van der Waals surface area (Å²) in [5.41, 5.74) is 5.23. The molecule has 0 saturated heterocycles. The van der Waals surface area contributed by atoms with E-state index in [0.717, 1.165) is 46.4 Å². The highest BCUT2D eigenvalue weighted by Crippen LogP contribution is 2.32. The Morgan fingerprint density at radius 2 is 1.75 bits per heavy atom. The van der Waals surface area contributed by atoms with Crippen molar-refractivity contribution in [3.05, 3.63) is 59.3 Å². The fourth-order valence-electron chi connectivity index (χ4n) is 4.36. The highest BCUT2D eigenvalue weighted by Gasteiger charge is 2.23. The van der Waals surface area contributed by atoms with E-state index in [-0.39, 0.29) is 11.6 Å². The number of aryl methyl sites for hydroxylation is 1. The summed E-state index contributed by atoms with van der Waals surface area (Å²) in [5, 5.41) is 13.3. The molecule has 0 aliphatic carbocycles. The highest BCUT2D eigenvalue weighted by atomic mass is 32.2. The Morgan fingerprint density at radius 3 is 2.35 bits per heavy atom. The Labute approximate surface area is 248 Å². The fraction of sp³-hybridized carbons (Fsp3) is 0.469. The SMILES string of the molecule is CC(=O)CNc1c2c(nc3ccccc13)CCN(CC(C)=O)C2.CCCSCCC.CSc1ccc(O)cc1C. The summed E-state index contributed by atoms with van der Waals surface area (Å²) in [6.07, 6.45) is 5.50. The van der Waals surface area contributed by atoms with Crippen LogP contribution in [0.2, 0.25) is 0 Å². The summed E-state index contributed by atoms with van der Waals surface area (Å²) in [6.45, 7) is 11.9. The quantitative estimate of drug-likeness (QED) is 0.192. The number of hydrogen-bond acceptors (Lipinski definition) is 8. The van der Waals surface area contributed by atoms with Crippen LogP contribution in [0.4, 0.5) is 5.69 Å². The lowest BCUT2D eigenvalue weighted by Crippen LogP contribution is -2.35. The normalized spacial score (nSPS) is 12.4. The summed E-state index contributed by atoms with van der Waals surface area (Å²) >= 11 is 3.75. The molecule has 0 fully saturated rings. The molecule has 1 aliphatic rings. The molecule has 4 rings (SSSR count). The molecule has 0 bridgehead atoms. The monoisotopic (exact) mass is 583 g/mol. The zero-order chi connectivity index (χ0) is 29.5. The van der Waals surface area contributed by atoms with Crippen LogP contribution in [-0.4, -0.2) is 64.0 Å². The summed E-state index contributed by atoms with van der Waals surface area (Å²) in [5.74, 6) is 3.29. The minimum Gasteiger partial charge on any atom is -0.508 e. The van der Waals surface area contributed by atoms with Crippen LogP contribution in [0.15, 0.2) is 47.4 Å². The molecule has 0 unspecified atom stereocenters. The van der Waals surface area contributed by atoms with Gasteiger partial charge in [-0.2, -0.15) is 11.8 Å². The number of ketones is 2. The number of anilines is 1. The first-order valence-electron chi connectivity index (χ1n) is 14.0. The molecule has 1 aliphatic heterocycles. The molecule has 3 aromatic rings. The van der Waals surface area contributed by atoms with E-state index < -0.39 is 0 Å². The van der Waals surface area contributed by atoms with Gasteiger partial charge in [-0.15, -0.1) is 11.8 Å². The van der Waals surface area contributed by atoms with Crippen molar-refractivity contribution in [2.75, 3.05) is 42.7 Å². The van der Waals surface area contributed by atoms with Gasteiger partial charge >= 0.3 is 0 Å². The van der Waals surface area contributed by atoms with Crippen molar-refractivity contribution < 1.29 is 14.7 Å². The maximum absolute atomic E-state index is 11.4. The molecule has 8 heteroatoms. The van der Waals surface area contributed by atoms with Gasteiger partial charge in [0, 0.05) is 41.0 Å². The summed E-state index contributed by atoms with van der Waals surface area (Å²) in [7, 11) is 0. The third-order valence-corrected chi connectivity index (χ3v) is 8.45. The third kappa shape index (κ3) is 11.1. The van der Waals surface area contributed by atoms with Gasteiger partial charge in [0.1, 0.15) is 17.3 Å². The van der Waals surface area contributed by atoms with Crippen LogP contribution in [0.25, 0.3) is 10.9 Å². The Hall–Kier alpha value is -2.55. The molecule has 0 atom stereocenters. The van der Waals surface area contributed by atoms with Crippen molar-refractivity contribution >= 4 is 51.7 Å². The number of nitrogens with one attached hydrogen (secondary N) is 1. The number of carbonyl (C=O) groups is 2. The topological polar surface area (TPSA) is 82.5 Å². The molecule has 2 N–H and O–H groups in total. The molecule has 6 nitrogen and oxygen atoms in total. The number of phenols is 1. The Balaban J connectivity index is 0.000000271. The first-order valence-corrected chi connectivity index (χ1v) is 16.3. The highest BCUT2D eigenvalue weighted by molar-refractivity contribution is 7.99. The lowest BCUT2D eigenvalue weighted by Gasteiger charge is -2.29. The number of rotatable bonds is 10. The van der Waals surface area contributed by atoms with Crippen molar-refractivity contribution in [1.82, 2.24) is 9.88 Å². The van der Waals surface area contributed by atoms with Crippen LogP contribution in [-0.2, 0) is 22.6 Å². The molecular formula is C32H45N3O3S2. The van der Waals surface area contributed by atoms with Crippen LogP contribution in [0.5, 0.6) is 5.75 Å². The molecule has 0 saturated carbocycles. The number of Topliss-reactive ketones (excluding diaryl/α,β-unsaturated/α-hetero) is 2. The van der Waals surface area contributed by atoms with E-state index in [1.54, 1.807) is 37.7 Å². The van der Waals surface area contributed by atoms with Gasteiger partial charge in [-0.3, -0.25) is 19.5 Å². The smallest absolute Gasteiger partial charge is 0.148 e. The Morgan fingerprint density at radius 1 is 1.05 bits per heavy atom. The zero-order valence-corrected chi connectivity index (χ0v) is 26.5. The van der Waals surface area contributed by atoms with E-state index in [0.29, 0.717) is 25.4 Å². The standard InChI is InChI=1S/C18H21N3O2.C8H10OS.C6H14S/c1-12(22)9-19-18-14-5-3-4-6-16(14)20-17-7-8-21(10-13(2)23)11-15(17)18;1-6-5-7(9)3-4-8(6)10-2;1-3-5-7-6-4-2/h3-6H,7-11H2,1-2H3,(H,19,20);3-5,9H,1-2H3;3-6H2,1-2H3. The molecular weight excluding hydrogens is 539 g/mol. The van der Waals surface area contributed by atoms with E-state index in [4.69, 9.17) is 10.1 Å². The van der Waals surface area contributed by atoms with Crippen molar-refractivity contribution in [2.24, 2.45) is 0 Å². The van der Waals surface area contributed by atoms with Crippen LogP contribution < -0.4 is 5.32 Å². The van der Waals surface area contributed by atoms with Gasteiger partial charge in [0.25, 0.3) is 0 Å². The van der Waals surface area contributed by atoms with Gasteiger partial charge in [0.05, 0.1) is 24.3 Å². The number of carbonyl (C=O) groups excluding carboxylic acids is 2. The van der Waals surface area contributed by atoms with E-state index in [1.807, 2.05) is 43.5 Å². The van der Waals surface area contributed by atoms with Crippen molar-refractivity contribution in [3.63, 3.8) is 0 Å². The second kappa shape index (κ2) is 18.0. The number of aromatic hydroxyl groups is 1. The molecule has 218 valence electrons. The Kier molecular flexibility index (Phi) is 15.1. The summed E-state index contributed by atoms with van der Waals surface area (Å²) < 4.78 is 0. The van der Waals surface area contributed by atoms with Gasteiger partial charge in [-0.05, 0) is 81.2 Å². The number of benzene rings is 2. The van der Waals surface area contributed by atoms with Crippen LogP contribution in [0.1, 0.15) is 57.4 Å². The predicted octanol–water partition coefficient (Wildman–Crippen LogP) is 7.14. The summed E-state index contributed by atoms with van der Waals surface area (Å²) in [4.78, 5) is 31.0. The number of phenolic OH excluding ortho intramolecular Hbond substituents is 1. The molecule has 0 amide bonds. The van der Waals surface area contributed by atoms with Crippen molar-refractivity contribution in [1.29, 1.82) is 0 Å². The van der Waals surface area contributed by atoms with E-state index in [1.165, 1.54) is 29.2 Å². The molecule has 0 radical (unpaired) electrons. The van der Waals surface area contributed by atoms with Gasteiger partial charge in [-0.25, -0.2) is 0 Å². The minimum atomic E-state index is 0.0936. The number of pyridine rings is 1. The molecule has 40 heavy (non-hydrogen) atoms. The predicted molar refractivity (Wildman–Crippen MR) is 173 cm³/mol. The maximum Gasteiger partial charge on any atom is 0.148 e. The van der Waals surface area contributed by atoms with Crippen molar-refractivity contribution in [3.8, 4) is 5.75 Å². The van der Waals surface area contributed by atoms with Crippen molar-refractivity contribution in [2.45, 2.75) is 65.3 Å². The number of para-hydroxylation sites is 1. The first kappa shape index (κ1) is 33.7. The number of thioether (sulfide) groups is 2. The van der Waals surface area contributed by atoms with Gasteiger partial charge < -0.3 is 10.4 Å². The number of nitrogens with zero attached hydrogens (tertiary/aromatic N) is 2. The first-order chi connectivity index (χ1) is 19.2. The average Bonchev–Trinajstić information content (AvgIpc) is 2.92. The van der Waals surface area contributed by atoms with Gasteiger partial charge in [0.2, 0.25) is 0 Å². The number of aromatic nitrogens is 1. The van der Waals surface area contributed by atoms with Gasteiger partial charge in [-0.1, -0.05) is 32.0 Å². The second-order valence-corrected chi connectivity index (χ2v) is 12.0. The molecule has 2 aromatic carbocycles. The zero-order valence-electron chi connectivity index (χ0n) is 24.9. The second-order valence-electron chi connectivity index (χ2n) is 9.91. The fourth-order valence-corrected chi connectivity index (χ4v) is 5.73. The Bertz CT molecular complexity index is 1250. The molecule has 1 aromatic heterocycles. The van der Waals surface area contributed by atoms with Crippen LogP contribution >= 0.6 is 23.5 Å². The number of hydrogen-bond donors (Lipinski definition) is 2. The van der Waals surface area contributed by atoms with Crippen LogP contribution in [0.3, 0.4) is 0 Å². The maximum atomic E-state index is 11.4. The van der Waals surface area contributed by atoms with E-state index >= 15 is 0 Å². The van der Waals surface area contributed by atoms with E-state index in [2.05, 4.69) is 35.8 Å². The van der Waals surface area contributed by atoms with E-state index in [9.17, 15) is 9.59 Å². The third-order valence-electron chi connectivity index (χ3n) is 6.16. The lowest BCUT2D eigenvalue weighted by atomic mass is 9.99. The molecule has 0 spiro atoms. The molecule has 2 heterocycles. The average molecular weight is 584 g/mol. The van der Waals surface area contributed by atoms with Crippen LogP contribution in [0, 0.1) is 6.92 Å².